The number of benzene rings is 1. The van der Waals surface area contributed by atoms with Gasteiger partial charge in [-0.1, -0.05) is 39.5 Å². The average Bonchev–Trinajstić information content (AvgIpc) is 2.37. The summed E-state index contributed by atoms with van der Waals surface area (Å²) in [5, 5.41) is 9.67. The zero-order chi connectivity index (χ0) is 13.4. The van der Waals surface area contributed by atoms with Gasteiger partial charge in [-0.25, -0.2) is 0 Å². The number of hydrogen-bond acceptors (Lipinski definition) is 2. The summed E-state index contributed by atoms with van der Waals surface area (Å²) in [6.07, 6.45) is 7.06. The Morgan fingerprint density at radius 1 is 1.11 bits per heavy atom. The first-order chi connectivity index (χ1) is 8.69. The van der Waals surface area contributed by atoms with Gasteiger partial charge in [0.1, 0.15) is 11.5 Å². The SMILES string of the molecule is CCCCCCCOc1cc(O)c(Br)cc1CC. The number of rotatable bonds is 8. The van der Waals surface area contributed by atoms with Crippen molar-refractivity contribution in [1.82, 2.24) is 0 Å². The standard InChI is InChI=1S/C15H23BrO2/c1-3-5-6-7-8-9-18-15-11-14(17)13(16)10-12(15)4-2/h10-11,17H,3-9H2,1-2H3. The van der Waals surface area contributed by atoms with E-state index in [4.69, 9.17) is 4.74 Å². The Hall–Kier alpha value is -0.700. The Morgan fingerprint density at radius 3 is 2.50 bits per heavy atom. The number of phenolic OH excluding ortho intramolecular Hbond substituents is 1. The predicted octanol–water partition coefficient (Wildman–Crippen LogP) is 5.07. The fraction of sp³-hybridized carbons (Fsp3) is 0.600. The molecule has 0 fully saturated rings. The molecule has 0 aliphatic carbocycles. The highest BCUT2D eigenvalue weighted by molar-refractivity contribution is 9.10. The Kier molecular flexibility index (Phi) is 7.18. The van der Waals surface area contributed by atoms with Crippen LogP contribution in [0.5, 0.6) is 11.5 Å². The molecule has 102 valence electrons. The molecule has 0 aliphatic heterocycles. The van der Waals surface area contributed by atoms with E-state index < -0.39 is 0 Å². The van der Waals surface area contributed by atoms with E-state index in [0.717, 1.165) is 35.2 Å². The lowest BCUT2D eigenvalue weighted by atomic mass is 10.1. The highest BCUT2D eigenvalue weighted by Crippen LogP contribution is 2.32. The van der Waals surface area contributed by atoms with Gasteiger partial charge in [0.25, 0.3) is 0 Å². The first-order valence-corrected chi connectivity index (χ1v) is 7.62. The summed E-state index contributed by atoms with van der Waals surface area (Å²) in [5.74, 6) is 1.06. The van der Waals surface area contributed by atoms with E-state index in [0.29, 0.717) is 0 Å². The molecule has 1 N–H and O–H groups in total. The lowest BCUT2D eigenvalue weighted by Gasteiger charge is -2.12. The van der Waals surface area contributed by atoms with Crippen molar-refractivity contribution in [3.05, 3.63) is 22.2 Å². The van der Waals surface area contributed by atoms with Gasteiger partial charge in [0.15, 0.2) is 0 Å². The summed E-state index contributed by atoms with van der Waals surface area (Å²) in [7, 11) is 0. The van der Waals surface area contributed by atoms with Crippen molar-refractivity contribution in [3.8, 4) is 11.5 Å². The second-order valence-electron chi connectivity index (χ2n) is 4.53. The normalized spacial score (nSPS) is 10.6. The quantitative estimate of drug-likeness (QED) is 0.679. The first-order valence-electron chi connectivity index (χ1n) is 6.83. The van der Waals surface area contributed by atoms with Crippen LogP contribution in [0.3, 0.4) is 0 Å². The maximum Gasteiger partial charge on any atom is 0.133 e. The van der Waals surface area contributed by atoms with Gasteiger partial charge < -0.3 is 9.84 Å². The Balaban J connectivity index is 2.43. The minimum absolute atomic E-state index is 0.244. The lowest BCUT2D eigenvalue weighted by molar-refractivity contribution is 0.300. The topological polar surface area (TPSA) is 29.5 Å². The maximum absolute atomic E-state index is 9.67. The van der Waals surface area contributed by atoms with Crippen molar-refractivity contribution in [2.45, 2.75) is 52.4 Å². The second-order valence-corrected chi connectivity index (χ2v) is 5.38. The van der Waals surface area contributed by atoms with Crippen LogP contribution in [-0.2, 0) is 6.42 Å². The van der Waals surface area contributed by atoms with Crippen LogP contribution >= 0.6 is 15.9 Å². The predicted molar refractivity (Wildman–Crippen MR) is 79.4 cm³/mol. The monoisotopic (exact) mass is 314 g/mol. The molecule has 1 rings (SSSR count). The maximum atomic E-state index is 9.67. The van der Waals surface area contributed by atoms with E-state index in [-0.39, 0.29) is 5.75 Å². The molecule has 0 atom stereocenters. The summed E-state index contributed by atoms with van der Waals surface area (Å²) >= 11 is 3.33. The van der Waals surface area contributed by atoms with Gasteiger partial charge in [-0.2, -0.15) is 0 Å². The number of unbranched alkanes of at least 4 members (excludes halogenated alkanes) is 4. The van der Waals surface area contributed by atoms with Gasteiger partial charge in [-0.3, -0.25) is 0 Å². The molecular weight excluding hydrogens is 292 g/mol. The fourth-order valence-corrected chi connectivity index (χ4v) is 2.27. The van der Waals surface area contributed by atoms with Crippen LogP contribution in [0.4, 0.5) is 0 Å². The lowest BCUT2D eigenvalue weighted by Crippen LogP contribution is -2.00. The van der Waals surface area contributed by atoms with Crippen molar-refractivity contribution in [2.75, 3.05) is 6.61 Å². The van der Waals surface area contributed by atoms with Gasteiger partial charge in [0, 0.05) is 6.07 Å². The molecule has 0 bridgehead atoms. The molecule has 3 heteroatoms. The van der Waals surface area contributed by atoms with E-state index in [2.05, 4.69) is 29.8 Å². The van der Waals surface area contributed by atoms with Gasteiger partial charge in [-0.15, -0.1) is 0 Å². The third-order valence-electron chi connectivity index (χ3n) is 3.02. The van der Waals surface area contributed by atoms with E-state index in [1.807, 2.05) is 6.07 Å². The van der Waals surface area contributed by atoms with E-state index >= 15 is 0 Å². The zero-order valence-corrected chi connectivity index (χ0v) is 12.9. The summed E-state index contributed by atoms with van der Waals surface area (Å²) < 4.78 is 6.49. The van der Waals surface area contributed by atoms with Crippen molar-refractivity contribution in [2.24, 2.45) is 0 Å². The molecular formula is C15H23BrO2. The van der Waals surface area contributed by atoms with Crippen molar-refractivity contribution < 1.29 is 9.84 Å². The second kappa shape index (κ2) is 8.41. The summed E-state index contributed by atoms with van der Waals surface area (Å²) in [6, 6.07) is 3.64. The van der Waals surface area contributed by atoms with E-state index in [1.165, 1.54) is 25.7 Å². The molecule has 1 aromatic carbocycles. The zero-order valence-electron chi connectivity index (χ0n) is 11.3. The van der Waals surface area contributed by atoms with Crippen LogP contribution < -0.4 is 4.74 Å². The molecule has 0 radical (unpaired) electrons. The van der Waals surface area contributed by atoms with Crippen LogP contribution in [0.15, 0.2) is 16.6 Å². The van der Waals surface area contributed by atoms with Crippen LogP contribution in [0.25, 0.3) is 0 Å². The molecule has 0 saturated heterocycles. The van der Waals surface area contributed by atoms with Gasteiger partial charge in [-0.05, 0) is 40.4 Å². The molecule has 0 amide bonds. The molecule has 2 nitrogen and oxygen atoms in total. The molecule has 0 heterocycles. The molecule has 0 unspecified atom stereocenters. The third kappa shape index (κ3) is 4.89. The molecule has 0 aromatic heterocycles. The molecule has 0 saturated carbocycles. The summed E-state index contributed by atoms with van der Waals surface area (Å²) in [6.45, 7) is 5.04. The summed E-state index contributed by atoms with van der Waals surface area (Å²) in [4.78, 5) is 0. The average molecular weight is 315 g/mol. The van der Waals surface area contributed by atoms with E-state index in [9.17, 15) is 5.11 Å². The van der Waals surface area contributed by atoms with Gasteiger partial charge in [0.2, 0.25) is 0 Å². The Labute approximate surface area is 118 Å². The molecule has 0 spiro atoms. The van der Waals surface area contributed by atoms with Crippen molar-refractivity contribution in [3.63, 3.8) is 0 Å². The smallest absolute Gasteiger partial charge is 0.133 e. The Bertz CT molecular complexity index is 364. The number of aromatic hydroxyl groups is 1. The van der Waals surface area contributed by atoms with Crippen molar-refractivity contribution in [1.29, 1.82) is 0 Å². The van der Waals surface area contributed by atoms with E-state index in [1.54, 1.807) is 6.07 Å². The first kappa shape index (κ1) is 15.4. The highest BCUT2D eigenvalue weighted by Gasteiger charge is 2.07. The minimum Gasteiger partial charge on any atom is -0.507 e. The summed E-state index contributed by atoms with van der Waals surface area (Å²) in [5.41, 5.74) is 1.13. The fourth-order valence-electron chi connectivity index (χ4n) is 1.88. The molecule has 18 heavy (non-hydrogen) atoms. The highest BCUT2D eigenvalue weighted by atomic mass is 79.9. The number of ether oxygens (including phenoxy) is 1. The Morgan fingerprint density at radius 2 is 1.83 bits per heavy atom. The number of halogens is 1. The van der Waals surface area contributed by atoms with Crippen LogP contribution in [0, 0.1) is 0 Å². The number of aryl methyl sites for hydroxylation is 1. The van der Waals surface area contributed by atoms with Crippen LogP contribution in [0.1, 0.15) is 51.5 Å². The molecule has 1 aromatic rings. The van der Waals surface area contributed by atoms with Gasteiger partial charge >= 0.3 is 0 Å². The largest absolute Gasteiger partial charge is 0.507 e. The minimum atomic E-state index is 0.244. The van der Waals surface area contributed by atoms with Crippen LogP contribution in [0.2, 0.25) is 0 Å². The van der Waals surface area contributed by atoms with Crippen molar-refractivity contribution >= 4 is 15.9 Å². The van der Waals surface area contributed by atoms with Crippen LogP contribution in [-0.4, -0.2) is 11.7 Å². The van der Waals surface area contributed by atoms with Gasteiger partial charge in [0.05, 0.1) is 11.1 Å². The number of hydrogen-bond donors (Lipinski definition) is 1. The molecule has 0 aliphatic rings. The number of phenols is 1. The third-order valence-corrected chi connectivity index (χ3v) is 3.65.